The summed E-state index contributed by atoms with van der Waals surface area (Å²) in [6, 6.07) is 0. The fraction of sp³-hybridized carbons (Fsp3) is 0.750. The third-order valence-electron chi connectivity index (χ3n) is 3.31. The first-order chi connectivity index (χ1) is 7.58. The van der Waals surface area contributed by atoms with Gasteiger partial charge in [0.15, 0.2) is 0 Å². The maximum atomic E-state index is 4.26. The molecule has 2 rings (SSSR count). The van der Waals surface area contributed by atoms with Crippen molar-refractivity contribution in [2.45, 2.75) is 19.3 Å². The molecular formula is C12H22N4. The Bertz CT molecular complexity index is 337. The summed E-state index contributed by atoms with van der Waals surface area (Å²) in [5, 5.41) is 7.65. The number of hydrogen-bond acceptors (Lipinski definition) is 3. The van der Waals surface area contributed by atoms with Crippen LogP contribution in [0.25, 0.3) is 0 Å². The van der Waals surface area contributed by atoms with Crippen molar-refractivity contribution in [3.63, 3.8) is 0 Å². The van der Waals surface area contributed by atoms with Crippen molar-refractivity contribution in [1.29, 1.82) is 0 Å². The minimum Gasteiger partial charge on any atom is -0.314 e. The van der Waals surface area contributed by atoms with E-state index in [1.54, 1.807) is 0 Å². The molecule has 1 aromatic heterocycles. The van der Waals surface area contributed by atoms with E-state index in [9.17, 15) is 0 Å². The standard InChI is InChI=1S/C12H22N4/c1-12(2,11-8-14-15(3)9-11)10-16-6-4-13-5-7-16/h8-9,13H,4-7,10H2,1-3H3. The maximum absolute atomic E-state index is 4.26. The lowest BCUT2D eigenvalue weighted by Crippen LogP contribution is -2.47. The average Bonchev–Trinajstić information content (AvgIpc) is 2.66. The molecule has 0 aromatic carbocycles. The topological polar surface area (TPSA) is 33.1 Å². The molecule has 1 aliphatic heterocycles. The predicted octanol–water partition coefficient (Wildman–Crippen LogP) is 0.603. The third-order valence-corrected chi connectivity index (χ3v) is 3.31. The van der Waals surface area contributed by atoms with Crippen LogP contribution in [-0.2, 0) is 12.5 Å². The number of aromatic nitrogens is 2. The molecule has 4 heteroatoms. The van der Waals surface area contributed by atoms with Crippen LogP contribution in [0.3, 0.4) is 0 Å². The summed E-state index contributed by atoms with van der Waals surface area (Å²) in [6.45, 7) is 10.2. The van der Waals surface area contributed by atoms with Gasteiger partial charge in [-0.05, 0) is 5.56 Å². The molecule has 0 atom stereocenters. The number of rotatable bonds is 3. The Morgan fingerprint density at radius 3 is 2.62 bits per heavy atom. The fourth-order valence-corrected chi connectivity index (χ4v) is 2.29. The van der Waals surface area contributed by atoms with Crippen molar-refractivity contribution >= 4 is 0 Å². The van der Waals surface area contributed by atoms with Gasteiger partial charge in [-0.3, -0.25) is 9.58 Å². The highest BCUT2D eigenvalue weighted by Gasteiger charge is 2.25. The molecular weight excluding hydrogens is 200 g/mol. The Hall–Kier alpha value is -0.870. The second kappa shape index (κ2) is 4.55. The Labute approximate surface area is 97.6 Å². The second-order valence-electron chi connectivity index (χ2n) is 5.31. The van der Waals surface area contributed by atoms with Gasteiger partial charge in [0.2, 0.25) is 0 Å². The summed E-state index contributed by atoms with van der Waals surface area (Å²) < 4.78 is 1.88. The predicted molar refractivity (Wildman–Crippen MR) is 65.5 cm³/mol. The zero-order chi connectivity index (χ0) is 11.6. The van der Waals surface area contributed by atoms with Crippen molar-refractivity contribution in [3.8, 4) is 0 Å². The Balaban J connectivity index is 2.01. The quantitative estimate of drug-likeness (QED) is 0.813. The molecule has 1 aromatic rings. The smallest absolute Gasteiger partial charge is 0.0527 e. The van der Waals surface area contributed by atoms with Gasteiger partial charge in [0, 0.05) is 51.4 Å². The van der Waals surface area contributed by atoms with Crippen LogP contribution < -0.4 is 5.32 Å². The van der Waals surface area contributed by atoms with E-state index in [4.69, 9.17) is 0 Å². The molecule has 2 heterocycles. The van der Waals surface area contributed by atoms with Gasteiger partial charge in [-0.1, -0.05) is 13.8 Å². The summed E-state index contributed by atoms with van der Waals surface area (Å²) in [5.41, 5.74) is 1.51. The van der Waals surface area contributed by atoms with E-state index in [0.29, 0.717) is 0 Å². The second-order valence-corrected chi connectivity index (χ2v) is 5.31. The normalized spacial score (nSPS) is 18.9. The van der Waals surface area contributed by atoms with Crippen molar-refractivity contribution in [1.82, 2.24) is 20.0 Å². The number of nitrogens with zero attached hydrogens (tertiary/aromatic N) is 3. The maximum Gasteiger partial charge on any atom is 0.0527 e. The van der Waals surface area contributed by atoms with Gasteiger partial charge >= 0.3 is 0 Å². The van der Waals surface area contributed by atoms with E-state index in [2.05, 4.69) is 35.4 Å². The van der Waals surface area contributed by atoms with Crippen molar-refractivity contribution in [3.05, 3.63) is 18.0 Å². The Morgan fingerprint density at radius 2 is 2.06 bits per heavy atom. The number of hydrogen-bond donors (Lipinski definition) is 1. The van der Waals surface area contributed by atoms with Crippen LogP contribution in [0.1, 0.15) is 19.4 Å². The van der Waals surface area contributed by atoms with Crippen molar-refractivity contribution in [2.24, 2.45) is 7.05 Å². The van der Waals surface area contributed by atoms with E-state index in [0.717, 1.165) is 32.7 Å². The molecule has 1 saturated heterocycles. The molecule has 90 valence electrons. The summed E-state index contributed by atoms with van der Waals surface area (Å²) in [4.78, 5) is 2.53. The molecule has 0 radical (unpaired) electrons. The highest BCUT2D eigenvalue weighted by atomic mass is 15.2. The lowest BCUT2D eigenvalue weighted by molar-refractivity contribution is 0.200. The number of aryl methyl sites for hydroxylation is 1. The van der Waals surface area contributed by atoms with E-state index in [1.165, 1.54) is 5.56 Å². The Kier molecular flexibility index (Phi) is 3.30. The van der Waals surface area contributed by atoms with Gasteiger partial charge < -0.3 is 5.32 Å². The van der Waals surface area contributed by atoms with Crippen LogP contribution in [0.4, 0.5) is 0 Å². The lowest BCUT2D eigenvalue weighted by atomic mass is 9.86. The van der Waals surface area contributed by atoms with Gasteiger partial charge in [0.05, 0.1) is 6.20 Å². The summed E-state index contributed by atoms with van der Waals surface area (Å²) in [5.74, 6) is 0. The zero-order valence-corrected chi connectivity index (χ0v) is 10.5. The monoisotopic (exact) mass is 222 g/mol. The van der Waals surface area contributed by atoms with E-state index < -0.39 is 0 Å². The first kappa shape index (κ1) is 11.6. The third kappa shape index (κ3) is 2.62. The SMILES string of the molecule is Cn1cc(C(C)(C)CN2CCNCC2)cn1. The van der Waals surface area contributed by atoms with Crippen LogP contribution in [0.5, 0.6) is 0 Å². The molecule has 4 nitrogen and oxygen atoms in total. The van der Waals surface area contributed by atoms with Crippen LogP contribution in [0, 0.1) is 0 Å². The molecule has 1 aliphatic rings. The molecule has 0 saturated carbocycles. The lowest BCUT2D eigenvalue weighted by Gasteiger charge is -2.34. The zero-order valence-electron chi connectivity index (χ0n) is 10.5. The minimum atomic E-state index is 0.186. The van der Waals surface area contributed by atoms with Crippen LogP contribution in [-0.4, -0.2) is 47.4 Å². The molecule has 0 unspecified atom stereocenters. The number of piperazine rings is 1. The molecule has 0 spiro atoms. The van der Waals surface area contributed by atoms with Crippen LogP contribution in [0.15, 0.2) is 12.4 Å². The minimum absolute atomic E-state index is 0.186. The highest BCUT2D eigenvalue weighted by Crippen LogP contribution is 2.23. The summed E-state index contributed by atoms with van der Waals surface area (Å²) in [7, 11) is 1.98. The van der Waals surface area contributed by atoms with Crippen molar-refractivity contribution in [2.75, 3.05) is 32.7 Å². The largest absolute Gasteiger partial charge is 0.314 e. The van der Waals surface area contributed by atoms with Crippen LogP contribution >= 0.6 is 0 Å². The molecule has 1 fully saturated rings. The molecule has 0 amide bonds. The fourth-order valence-electron chi connectivity index (χ4n) is 2.29. The van der Waals surface area contributed by atoms with Gasteiger partial charge in [0.1, 0.15) is 0 Å². The van der Waals surface area contributed by atoms with Gasteiger partial charge in [0.25, 0.3) is 0 Å². The molecule has 0 bridgehead atoms. The van der Waals surface area contributed by atoms with E-state index >= 15 is 0 Å². The summed E-state index contributed by atoms with van der Waals surface area (Å²) in [6.07, 6.45) is 4.12. The van der Waals surface area contributed by atoms with Crippen molar-refractivity contribution < 1.29 is 0 Å². The molecule has 16 heavy (non-hydrogen) atoms. The van der Waals surface area contributed by atoms with Gasteiger partial charge in [-0.25, -0.2) is 0 Å². The average molecular weight is 222 g/mol. The van der Waals surface area contributed by atoms with Gasteiger partial charge in [-0.2, -0.15) is 5.10 Å². The van der Waals surface area contributed by atoms with Crippen LogP contribution in [0.2, 0.25) is 0 Å². The molecule has 0 aliphatic carbocycles. The van der Waals surface area contributed by atoms with E-state index in [-0.39, 0.29) is 5.41 Å². The van der Waals surface area contributed by atoms with E-state index in [1.807, 2.05) is 17.9 Å². The summed E-state index contributed by atoms with van der Waals surface area (Å²) >= 11 is 0. The Morgan fingerprint density at radius 1 is 1.38 bits per heavy atom. The van der Waals surface area contributed by atoms with Gasteiger partial charge in [-0.15, -0.1) is 0 Å². The highest BCUT2D eigenvalue weighted by molar-refractivity contribution is 5.17. The molecule has 1 N–H and O–H groups in total. The first-order valence-corrected chi connectivity index (χ1v) is 6.00. The first-order valence-electron chi connectivity index (χ1n) is 6.00. The number of nitrogens with one attached hydrogen (secondary N) is 1.